The number of aryl methyl sites for hydroxylation is 1. The molecule has 2 aromatic heterocycles. The molecule has 0 atom stereocenters. The van der Waals surface area contributed by atoms with Crippen LogP contribution in [0.2, 0.25) is 5.02 Å². The number of hydrogen-bond acceptors (Lipinski definition) is 4. The van der Waals surface area contributed by atoms with Gasteiger partial charge in [-0.3, -0.25) is 0 Å². The number of anilines is 1. The van der Waals surface area contributed by atoms with Crippen LogP contribution in [0.4, 0.5) is 5.13 Å². The minimum Gasteiger partial charge on any atom is -0.374 e. The van der Waals surface area contributed by atoms with E-state index in [0.29, 0.717) is 10.2 Å². The predicted octanol–water partition coefficient (Wildman–Crippen LogP) is 2.81. The summed E-state index contributed by atoms with van der Waals surface area (Å²) in [5.74, 6) is 0. The van der Waals surface area contributed by atoms with Crippen LogP contribution in [0.1, 0.15) is 13.8 Å². The maximum atomic E-state index is 5.97. The molecule has 4 nitrogen and oxygen atoms in total. The first kappa shape index (κ1) is 12.0. The molecule has 0 amide bonds. The first-order valence-electron chi connectivity index (χ1n) is 4.58. The van der Waals surface area contributed by atoms with Gasteiger partial charge in [0, 0.05) is 13.2 Å². The molecule has 2 aromatic rings. The predicted molar refractivity (Wildman–Crippen MR) is 65.1 cm³/mol. The molecule has 0 bridgehead atoms. The van der Waals surface area contributed by atoms with E-state index in [9.17, 15) is 0 Å². The molecule has 0 fully saturated rings. The fraction of sp³-hybridized carbons (Fsp3) is 0.333. The molecule has 0 aliphatic rings. The molecule has 0 saturated heterocycles. The van der Waals surface area contributed by atoms with Crippen molar-refractivity contribution in [3.63, 3.8) is 0 Å². The van der Waals surface area contributed by atoms with Crippen molar-refractivity contribution < 1.29 is 0 Å². The highest BCUT2D eigenvalue weighted by molar-refractivity contribution is 7.18. The zero-order valence-electron chi connectivity index (χ0n) is 8.86. The van der Waals surface area contributed by atoms with Gasteiger partial charge in [-0.2, -0.15) is 0 Å². The van der Waals surface area contributed by atoms with Crippen LogP contribution in [0.25, 0.3) is 10.7 Å². The molecule has 2 rings (SSSR count). The largest absolute Gasteiger partial charge is 0.374 e. The first-order valence-corrected chi connectivity index (χ1v) is 5.78. The molecular formula is C9H13ClN4S. The lowest BCUT2D eigenvalue weighted by atomic mass is 10.4. The van der Waals surface area contributed by atoms with Gasteiger partial charge in [0.1, 0.15) is 0 Å². The summed E-state index contributed by atoms with van der Waals surface area (Å²) in [6, 6.07) is 1.81. The van der Waals surface area contributed by atoms with Crippen molar-refractivity contribution in [2.24, 2.45) is 7.05 Å². The fourth-order valence-electron chi connectivity index (χ4n) is 1.08. The van der Waals surface area contributed by atoms with E-state index < -0.39 is 0 Å². The van der Waals surface area contributed by atoms with Gasteiger partial charge in [0.15, 0.2) is 5.01 Å². The summed E-state index contributed by atoms with van der Waals surface area (Å²) in [6.07, 6.45) is 1.87. The molecule has 6 heteroatoms. The lowest BCUT2D eigenvalue weighted by Crippen LogP contribution is -1.89. The van der Waals surface area contributed by atoms with Crippen molar-refractivity contribution >= 4 is 28.1 Å². The van der Waals surface area contributed by atoms with Crippen LogP contribution in [0, 0.1) is 0 Å². The van der Waals surface area contributed by atoms with Crippen molar-refractivity contribution in [3.8, 4) is 10.7 Å². The van der Waals surface area contributed by atoms with Crippen LogP contribution < -0.4 is 5.73 Å². The maximum absolute atomic E-state index is 5.97. The quantitative estimate of drug-likeness (QED) is 0.839. The number of halogens is 1. The Kier molecular flexibility index (Phi) is 4.11. The molecule has 0 aromatic carbocycles. The number of nitrogens with zero attached hydrogens (tertiary/aromatic N) is 3. The lowest BCUT2D eigenvalue weighted by Gasteiger charge is -1.97. The van der Waals surface area contributed by atoms with E-state index in [0.717, 1.165) is 10.7 Å². The highest BCUT2D eigenvalue weighted by atomic mass is 35.5. The van der Waals surface area contributed by atoms with Crippen LogP contribution in [-0.2, 0) is 7.05 Å². The second-order valence-electron chi connectivity index (χ2n) is 2.57. The first-order chi connectivity index (χ1) is 7.18. The lowest BCUT2D eigenvalue weighted by molar-refractivity contribution is 0.929. The average Bonchev–Trinajstić information content (AvgIpc) is 2.77. The highest BCUT2D eigenvalue weighted by Gasteiger charge is 2.11. The van der Waals surface area contributed by atoms with Gasteiger partial charge in [0.2, 0.25) is 5.13 Å². The second-order valence-corrected chi connectivity index (χ2v) is 3.98. The van der Waals surface area contributed by atoms with Crippen molar-refractivity contribution in [1.29, 1.82) is 0 Å². The molecule has 15 heavy (non-hydrogen) atoms. The van der Waals surface area contributed by atoms with Gasteiger partial charge in [0.25, 0.3) is 0 Å². The number of hydrogen-bond donors (Lipinski definition) is 1. The standard InChI is InChI=1S/C7H7ClN4S.C2H6/c1-12-3-2-4(8)5(12)6-10-11-7(9)13-6;1-2/h2-3H,1H3,(H2,9,11);1-2H3. The number of nitrogens with two attached hydrogens (primary N) is 1. The monoisotopic (exact) mass is 244 g/mol. The van der Waals surface area contributed by atoms with Crippen molar-refractivity contribution in [2.45, 2.75) is 13.8 Å². The van der Waals surface area contributed by atoms with Gasteiger partial charge in [-0.25, -0.2) is 0 Å². The van der Waals surface area contributed by atoms with Crippen molar-refractivity contribution in [1.82, 2.24) is 14.8 Å². The van der Waals surface area contributed by atoms with Crippen LogP contribution in [0.15, 0.2) is 12.3 Å². The zero-order chi connectivity index (χ0) is 11.4. The normalized spacial score (nSPS) is 9.60. The van der Waals surface area contributed by atoms with Crippen LogP contribution >= 0.6 is 22.9 Å². The van der Waals surface area contributed by atoms with Crippen LogP contribution in [-0.4, -0.2) is 14.8 Å². The van der Waals surface area contributed by atoms with E-state index in [1.54, 1.807) is 0 Å². The summed E-state index contributed by atoms with van der Waals surface area (Å²) in [7, 11) is 1.90. The van der Waals surface area contributed by atoms with Gasteiger partial charge < -0.3 is 10.3 Å². The Labute approximate surface area is 97.7 Å². The van der Waals surface area contributed by atoms with E-state index >= 15 is 0 Å². The van der Waals surface area contributed by atoms with E-state index in [1.807, 2.05) is 37.7 Å². The zero-order valence-corrected chi connectivity index (χ0v) is 10.4. The maximum Gasteiger partial charge on any atom is 0.203 e. The molecule has 2 N–H and O–H groups in total. The minimum atomic E-state index is 0.451. The average molecular weight is 245 g/mol. The third-order valence-corrected chi connectivity index (χ3v) is 2.73. The van der Waals surface area contributed by atoms with Gasteiger partial charge in [0.05, 0.1) is 10.7 Å². The summed E-state index contributed by atoms with van der Waals surface area (Å²) < 4.78 is 1.89. The highest BCUT2D eigenvalue weighted by Crippen LogP contribution is 2.30. The summed E-state index contributed by atoms with van der Waals surface area (Å²) >= 11 is 7.29. The van der Waals surface area contributed by atoms with Crippen molar-refractivity contribution in [3.05, 3.63) is 17.3 Å². The Balaban J connectivity index is 0.000000531. The Hall–Kier alpha value is -1.07. The molecular weight excluding hydrogens is 232 g/mol. The molecule has 2 heterocycles. The smallest absolute Gasteiger partial charge is 0.203 e. The Morgan fingerprint density at radius 3 is 2.47 bits per heavy atom. The summed E-state index contributed by atoms with van der Waals surface area (Å²) in [6.45, 7) is 4.00. The Morgan fingerprint density at radius 1 is 1.40 bits per heavy atom. The van der Waals surface area contributed by atoms with Crippen LogP contribution in [0.3, 0.4) is 0 Å². The molecule has 0 saturated carbocycles. The number of nitrogen functional groups attached to an aromatic ring is 1. The number of aromatic nitrogens is 3. The van der Waals surface area contributed by atoms with E-state index in [2.05, 4.69) is 10.2 Å². The molecule has 0 radical (unpaired) electrons. The summed E-state index contributed by atoms with van der Waals surface area (Å²) in [5, 5.41) is 9.51. The van der Waals surface area contributed by atoms with Gasteiger partial charge in [-0.1, -0.05) is 36.8 Å². The second kappa shape index (κ2) is 5.14. The van der Waals surface area contributed by atoms with Gasteiger partial charge in [-0.15, -0.1) is 10.2 Å². The van der Waals surface area contributed by atoms with Gasteiger partial charge >= 0.3 is 0 Å². The summed E-state index contributed by atoms with van der Waals surface area (Å²) in [5.41, 5.74) is 6.33. The molecule has 0 spiro atoms. The Bertz CT molecular complexity index is 416. The fourth-order valence-corrected chi connectivity index (χ4v) is 2.13. The molecule has 0 aliphatic heterocycles. The third kappa shape index (κ3) is 2.49. The molecule has 82 valence electrons. The van der Waals surface area contributed by atoms with Gasteiger partial charge in [-0.05, 0) is 6.07 Å². The topological polar surface area (TPSA) is 56.7 Å². The third-order valence-electron chi connectivity index (χ3n) is 1.67. The van der Waals surface area contributed by atoms with Crippen molar-refractivity contribution in [2.75, 3.05) is 5.73 Å². The SMILES string of the molecule is CC.Cn1ccc(Cl)c1-c1nnc(N)s1. The van der Waals surface area contributed by atoms with E-state index in [-0.39, 0.29) is 0 Å². The molecule has 0 unspecified atom stereocenters. The Morgan fingerprint density at radius 2 is 2.07 bits per heavy atom. The summed E-state index contributed by atoms with van der Waals surface area (Å²) in [4.78, 5) is 0. The van der Waals surface area contributed by atoms with E-state index in [4.69, 9.17) is 17.3 Å². The number of rotatable bonds is 1. The minimum absolute atomic E-state index is 0.451. The van der Waals surface area contributed by atoms with Crippen LogP contribution in [0.5, 0.6) is 0 Å². The molecule has 0 aliphatic carbocycles. The van der Waals surface area contributed by atoms with E-state index in [1.165, 1.54) is 11.3 Å².